The minimum absolute atomic E-state index is 0.0477. The van der Waals surface area contributed by atoms with Crippen LogP contribution in [0.4, 0.5) is 4.39 Å². The van der Waals surface area contributed by atoms with Gasteiger partial charge >= 0.3 is 0 Å². The third-order valence-corrected chi connectivity index (χ3v) is 5.62. The molecule has 8 heteroatoms. The van der Waals surface area contributed by atoms with Crippen LogP contribution in [0.3, 0.4) is 0 Å². The molecular weight excluding hydrogens is 375 g/mol. The minimum Gasteiger partial charge on any atom is -0.383 e. The molecule has 29 heavy (non-hydrogen) atoms. The monoisotopic (exact) mass is 402 g/mol. The average Bonchev–Trinajstić information content (AvgIpc) is 3.13. The zero-order chi connectivity index (χ0) is 20.2. The first-order valence-corrected chi connectivity index (χ1v) is 10.1. The van der Waals surface area contributed by atoms with Crippen LogP contribution in [0, 0.1) is 5.82 Å². The van der Waals surface area contributed by atoms with Gasteiger partial charge in [-0.15, -0.1) is 0 Å². The van der Waals surface area contributed by atoms with Gasteiger partial charge in [0.25, 0.3) is 5.91 Å². The number of aromatic nitrogens is 2. The summed E-state index contributed by atoms with van der Waals surface area (Å²) in [5.74, 6) is -0.229. The van der Waals surface area contributed by atoms with Gasteiger partial charge in [-0.1, -0.05) is 18.2 Å². The van der Waals surface area contributed by atoms with E-state index in [0.29, 0.717) is 70.3 Å². The highest BCUT2D eigenvalue weighted by atomic mass is 19.1. The van der Waals surface area contributed by atoms with E-state index in [2.05, 4.69) is 10.00 Å². The molecule has 1 amide bonds. The molecule has 0 spiro atoms. The predicted octanol–water partition coefficient (Wildman–Crippen LogP) is 1.70. The number of carbonyl (C=O) groups excluding carboxylic acids is 1. The summed E-state index contributed by atoms with van der Waals surface area (Å²) < 4.78 is 26.6. The summed E-state index contributed by atoms with van der Waals surface area (Å²) >= 11 is 0. The fourth-order valence-corrected chi connectivity index (χ4v) is 3.97. The van der Waals surface area contributed by atoms with E-state index in [4.69, 9.17) is 9.47 Å². The van der Waals surface area contributed by atoms with Gasteiger partial charge in [0.05, 0.1) is 26.4 Å². The number of methoxy groups -OCH3 is 1. The molecule has 4 rings (SSSR count). The number of halogens is 1. The Morgan fingerprint density at radius 3 is 2.79 bits per heavy atom. The van der Waals surface area contributed by atoms with Crippen LogP contribution in [0.5, 0.6) is 0 Å². The molecule has 2 aliphatic rings. The molecule has 1 fully saturated rings. The molecular formula is C21H27FN4O3. The normalized spacial score (nSPS) is 17.4. The molecule has 0 N–H and O–H groups in total. The van der Waals surface area contributed by atoms with Crippen LogP contribution in [0.2, 0.25) is 0 Å². The van der Waals surface area contributed by atoms with Gasteiger partial charge in [0.15, 0.2) is 5.69 Å². The fourth-order valence-electron chi connectivity index (χ4n) is 3.97. The van der Waals surface area contributed by atoms with Crippen LogP contribution in [0.25, 0.3) is 0 Å². The van der Waals surface area contributed by atoms with Crippen molar-refractivity contribution < 1.29 is 18.7 Å². The van der Waals surface area contributed by atoms with Crippen molar-refractivity contribution in [3.05, 3.63) is 52.6 Å². The van der Waals surface area contributed by atoms with E-state index in [1.807, 2.05) is 21.7 Å². The number of fused-ring (bicyclic) bond motifs is 1. The van der Waals surface area contributed by atoms with Crippen LogP contribution in [-0.2, 0) is 35.6 Å². The summed E-state index contributed by atoms with van der Waals surface area (Å²) in [7, 11) is 1.66. The van der Waals surface area contributed by atoms with Crippen molar-refractivity contribution in [2.24, 2.45) is 0 Å². The molecule has 1 saturated heterocycles. The lowest BCUT2D eigenvalue weighted by atomic mass is 10.1. The smallest absolute Gasteiger partial charge is 0.274 e. The van der Waals surface area contributed by atoms with Gasteiger partial charge in [-0.3, -0.25) is 14.4 Å². The number of ether oxygens (including phenoxy) is 2. The first-order chi connectivity index (χ1) is 14.2. The second kappa shape index (κ2) is 9.02. The summed E-state index contributed by atoms with van der Waals surface area (Å²) in [5, 5.41) is 4.61. The van der Waals surface area contributed by atoms with Crippen LogP contribution in [-0.4, -0.2) is 72.0 Å². The number of benzene rings is 1. The van der Waals surface area contributed by atoms with Gasteiger partial charge in [-0.25, -0.2) is 4.39 Å². The van der Waals surface area contributed by atoms with Crippen LogP contribution in [0.15, 0.2) is 24.3 Å². The van der Waals surface area contributed by atoms with Gasteiger partial charge in [-0.05, 0) is 6.07 Å². The number of nitrogens with zero attached hydrogens (tertiary/aromatic N) is 4. The van der Waals surface area contributed by atoms with E-state index in [0.717, 1.165) is 17.7 Å². The average molecular weight is 402 g/mol. The Labute approximate surface area is 170 Å². The molecule has 1 aromatic carbocycles. The van der Waals surface area contributed by atoms with Gasteiger partial charge in [0.2, 0.25) is 0 Å². The third-order valence-electron chi connectivity index (χ3n) is 5.62. The van der Waals surface area contributed by atoms with Crippen molar-refractivity contribution in [1.29, 1.82) is 0 Å². The third kappa shape index (κ3) is 4.34. The number of rotatable bonds is 6. The number of carbonyl (C=O) groups is 1. The molecule has 1 aromatic heterocycles. The summed E-state index contributed by atoms with van der Waals surface area (Å²) in [5.41, 5.74) is 3.18. The standard InChI is InChI=1S/C21H27FN4O3/c1-28-13-11-26-19-6-12-29-15-17(19)20(23-26)21(27)25-9-7-24(8-10-25)14-16-4-2-3-5-18(16)22/h2-5H,6-15H2,1H3. The second-order valence-electron chi connectivity index (χ2n) is 7.45. The molecule has 0 unspecified atom stereocenters. The minimum atomic E-state index is -0.181. The Hall–Kier alpha value is -2.29. The van der Waals surface area contributed by atoms with Gasteiger partial charge in [-0.2, -0.15) is 5.10 Å². The lowest BCUT2D eigenvalue weighted by Crippen LogP contribution is -2.48. The fraction of sp³-hybridized carbons (Fsp3) is 0.524. The van der Waals surface area contributed by atoms with E-state index in [1.165, 1.54) is 6.07 Å². The molecule has 156 valence electrons. The van der Waals surface area contributed by atoms with Crippen molar-refractivity contribution in [2.75, 3.05) is 46.5 Å². The number of hydrogen-bond acceptors (Lipinski definition) is 5. The molecule has 2 aliphatic heterocycles. The number of hydrogen-bond donors (Lipinski definition) is 0. The van der Waals surface area contributed by atoms with Crippen molar-refractivity contribution in [2.45, 2.75) is 26.1 Å². The maximum absolute atomic E-state index is 13.9. The highest BCUT2D eigenvalue weighted by Crippen LogP contribution is 2.23. The van der Waals surface area contributed by atoms with Gasteiger partial charge in [0.1, 0.15) is 5.82 Å². The second-order valence-corrected chi connectivity index (χ2v) is 7.45. The molecule has 0 bridgehead atoms. The lowest BCUT2D eigenvalue weighted by Gasteiger charge is -2.34. The Bertz CT molecular complexity index is 862. The Kier molecular flexibility index (Phi) is 6.22. The molecule has 0 saturated carbocycles. The van der Waals surface area contributed by atoms with Crippen LogP contribution in [0.1, 0.15) is 27.3 Å². The largest absolute Gasteiger partial charge is 0.383 e. The van der Waals surface area contributed by atoms with Crippen molar-refractivity contribution in [1.82, 2.24) is 19.6 Å². The summed E-state index contributed by atoms with van der Waals surface area (Å²) in [6.45, 7) is 5.45. The van der Waals surface area contributed by atoms with E-state index in [1.54, 1.807) is 13.2 Å². The van der Waals surface area contributed by atoms with Gasteiger partial charge < -0.3 is 14.4 Å². The Balaban J connectivity index is 1.42. The molecule has 3 heterocycles. The number of piperazine rings is 1. The molecule has 0 radical (unpaired) electrons. The SMILES string of the molecule is COCCn1nc(C(=O)N2CCN(Cc3ccccc3F)CC2)c2c1CCOC2. The first kappa shape index (κ1) is 20.0. The summed E-state index contributed by atoms with van der Waals surface area (Å²) in [4.78, 5) is 17.2. The summed E-state index contributed by atoms with van der Waals surface area (Å²) in [6, 6.07) is 6.85. The van der Waals surface area contributed by atoms with E-state index in [-0.39, 0.29) is 11.7 Å². The number of amides is 1. The van der Waals surface area contributed by atoms with Gasteiger partial charge in [0, 0.05) is 63.1 Å². The Morgan fingerprint density at radius 2 is 2.03 bits per heavy atom. The molecule has 7 nitrogen and oxygen atoms in total. The van der Waals surface area contributed by atoms with Crippen LogP contribution >= 0.6 is 0 Å². The zero-order valence-corrected chi connectivity index (χ0v) is 16.8. The summed E-state index contributed by atoms with van der Waals surface area (Å²) in [6.07, 6.45) is 0.760. The quantitative estimate of drug-likeness (QED) is 0.736. The zero-order valence-electron chi connectivity index (χ0n) is 16.8. The molecule has 0 aliphatic carbocycles. The highest BCUT2D eigenvalue weighted by molar-refractivity contribution is 5.94. The van der Waals surface area contributed by atoms with Crippen LogP contribution < -0.4 is 0 Å². The van der Waals surface area contributed by atoms with E-state index >= 15 is 0 Å². The topological polar surface area (TPSA) is 59.8 Å². The lowest BCUT2D eigenvalue weighted by molar-refractivity contribution is 0.0611. The predicted molar refractivity (Wildman–Crippen MR) is 105 cm³/mol. The maximum atomic E-state index is 13.9. The highest BCUT2D eigenvalue weighted by Gasteiger charge is 2.30. The van der Waals surface area contributed by atoms with Crippen molar-refractivity contribution in [3.63, 3.8) is 0 Å². The molecule has 0 atom stereocenters. The van der Waals surface area contributed by atoms with E-state index in [9.17, 15) is 9.18 Å². The first-order valence-electron chi connectivity index (χ1n) is 10.1. The van der Waals surface area contributed by atoms with Crippen molar-refractivity contribution >= 4 is 5.91 Å². The molecule has 2 aromatic rings. The van der Waals surface area contributed by atoms with Crippen molar-refractivity contribution in [3.8, 4) is 0 Å². The maximum Gasteiger partial charge on any atom is 0.274 e. The Morgan fingerprint density at radius 1 is 1.24 bits per heavy atom. The van der Waals surface area contributed by atoms with E-state index < -0.39 is 0 Å².